The van der Waals surface area contributed by atoms with E-state index in [1.54, 1.807) is 7.11 Å². The fourth-order valence-corrected chi connectivity index (χ4v) is 3.76. The molecule has 174 valence electrons. The van der Waals surface area contributed by atoms with Crippen LogP contribution in [0.15, 0.2) is 72.8 Å². The maximum absolute atomic E-state index is 5.42. The minimum absolute atomic E-state index is 0.0867. The second kappa shape index (κ2) is 9.02. The quantitative estimate of drug-likeness (QED) is 0.323. The monoisotopic (exact) mass is 451 g/mol. The summed E-state index contributed by atoms with van der Waals surface area (Å²) in [6.45, 7) is 13.3. The number of nitrogens with zero attached hydrogens (tertiary/aromatic N) is 3. The van der Waals surface area contributed by atoms with E-state index in [0.29, 0.717) is 17.5 Å². The molecule has 4 nitrogen and oxygen atoms in total. The predicted molar refractivity (Wildman–Crippen MR) is 140 cm³/mol. The number of hydrogen-bond donors (Lipinski definition) is 0. The summed E-state index contributed by atoms with van der Waals surface area (Å²) in [6.07, 6.45) is 0. The van der Waals surface area contributed by atoms with Crippen LogP contribution in [-0.4, -0.2) is 22.1 Å². The molecule has 0 aliphatic carbocycles. The summed E-state index contributed by atoms with van der Waals surface area (Å²) < 4.78 is 5.42. The normalized spacial score (nSPS) is 12.0. The zero-order chi connectivity index (χ0) is 24.5. The van der Waals surface area contributed by atoms with Gasteiger partial charge in [0.15, 0.2) is 17.5 Å². The van der Waals surface area contributed by atoms with Crippen molar-refractivity contribution in [1.82, 2.24) is 15.0 Å². The molecule has 0 radical (unpaired) electrons. The summed E-state index contributed by atoms with van der Waals surface area (Å²) >= 11 is 0. The Morgan fingerprint density at radius 3 is 1.32 bits per heavy atom. The van der Waals surface area contributed by atoms with Gasteiger partial charge in [0.1, 0.15) is 5.75 Å². The van der Waals surface area contributed by atoms with Crippen LogP contribution in [-0.2, 0) is 10.8 Å². The molecule has 1 heterocycles. The summed E-state index contributed by atoms with van der Waals surface area (Å²) in [4.78, 5) is 14.6. The first-order chi connectivity index (χ1) is 16.0. The Kier molecular flexibility index (Phi) is 6.26. The van der Waals surface area contributed by atoms with Crippen molar-refractivity contribution in [2.24, 2.45) is 0 Å². The van der Waals surface area contributed by atoms with Crippen LogP contribution in [0, 0.1) is 0 Å². The third-order valence-corrected chi connectivity index (χ3v) is 5.98. The molecular weight excluding hydrogens is 418 g/mol. The van der Waals surface area contributed by atoms with Gasteiger partial charge in [-0.05, 0) is 34.1 Å². The van der Waals surface area contributed by atoms with E-state index in [2.05, 4.69) is 90.1 Å². The van der Waals surface area contributed by atoms with Gasteiger partial charge in [0.05, 0.1) is 7.11 Å². The van der Waals surface area contributed by atoms with Crippen molar-refractivity contribution in [1.29, 1.82) is 0 Å². The van der Waals surface area contributed by atoms with Crippen LogP contribution >= 0.6 is 0 Å². The molecule has 1 aromatic heterocycles. The van der Waals surface area contributed by atoms with Crippen molar-refractivity contribution in [3.63, 3.8) is 0 Å². The Hall–Kier alpha value is -3.53. The molecule has 0 spiro atoms. The second-order valence-electron chi connectivity index (χ2n) is 10.7. The molecule has 34 heavy (non-hydrogen) atoms. The number of ether oxygens (including phenoxy) is 1. The molecule has 4 heteroatoms. The molecule has 0 N–H and O–H groups in total. The summed E-state index contributed by atoms with van der Waals surface area (Å²) in [5.41, 5.74) is 5.54. The Morgan fingerprint density at radius 2 is 0.941 bits per heavy atom. The van der Waals surface area contributed by atoms with Gasteiger partial charge in [0.25, 0.3) is 0 Å². The van der Waals surface area contributed by atoms with Crippen LogP contribution in [0.3, 0.4) is 0 Å². The number of aromatic nitrogens is 3. The number of rotatable bonds is 4. The van der Waals surface area contributed by atoms with Gasteiger partial charge in [-0.15, -0.1) is 0 Å². The van der Waals surface area contributed by atoms with E-state index < -0.39 is 0 Å². The highest BCUT2D eigenvalue weighted by Gasteiger charge is 2.17. The topological polar surface area (TPSA) is 47.9 Å². The summed E-state index contributed by atoms with van der Waals surface area (Å²) in [6, 6.07) is 24.8. The summed E-state index contributed by atoms with van der Waals surface area (Å²) in [5, 5.41) is 0. The van der Waals surface area contributed by atoms with Gasteiger partial charge in [-0.2, -0.15) is 0 Å². The lowest BCUT2D eigenvalue weighted by Gasteiger charge is -2.19. The molecule has 0 saturated carbocycles. The Bertz CT molecular complexity index is 1200. The second-order valence-corrected chi connectivity index (χ2v) is 10.7. The lowest BCUT2D eigenvalue weighted by atomic mass is 9.86. The lowest BCUT2D eigenvalue weighted by molar-refractivity contribution is 0.415. The van der Waals surface area contributed by atoms with Gasteiger partial charge in [-0.1, -0.05) is 102 Å². The van der Waals surface area contributed by atoms with Crippen LogP contribution in [0.5, 0.6) is 5.75 Å². The van der Waals surface area contributed by atoms with E-state index in [9.17, 15) is 0 Å². The molecule has 0 aliphatic heterocycles. The van der Waals surface area contributed by atoms with Crippen molar-refractivity contribution in [2.75, 3.05) is 7.11 Å². The first kappa shape index (κ1) is 23.6. The van der Waals surface area contributed by atoms with Crippen molar-refractivity contribution >= 4 is 0 Å². The zero-order valence-electron chi connectivity index (χ0n) is 21.2. The van der Waals surface area contributed by atoms with Crippen LogP contribution < -0.4 is 4.74 Å². The number of benzene rings is 3. The van der Waals surface area contributed by atoms with Crippen LogP contribution in [0.2, 0.25) is 0 Å². The van der Waals surface area contributed by atoms with Crippen LogP contribution in [0.25, 0.3) is 34.2 Å². The van der Waals surface area contributed by atoms with Gasteiger partial charge in [-0.3, -0.25) is 0 Å². The minimum atomic E-state index is 0.0867. The molecule has 4 rings (SSSR count). The molecule has 0 bridgehead atoms. The van der Waals surface area contributed by atoms with Gasteiger partial charge in [0, 0.05) is 16.7 Å². The predicted octanol–water partition coefficient (Wildman–Crippen LogP) is 7.48. The van der Waals surface area contributed by atoms with Gasteiger partial charge in [0.2, 0.25) is 0 Å². The van der Waals surface area contributed by atoms with Crippen molar-refractivity contribution in [3.8, 4) is 39.9 Å². The first-order valence-corrected chi connectivity index (χ1v) is 11.7. The van der Waals surface area contributed by atoms with E-state index in [-0.39, 0.29) is 10.8 Å². The number of hydrogen-bond acceptors (Lipinski definition) is 4. The SMILES string of the molecule is COc1cccc(-c2nc(-c3ccc(C(C)(C)C)cc3)nc(-c3ccc(C(C)(C)C)cc3)n2)c1. The average molecular weight is 452 g/mol. The zero-order valence-corrected chi connectivity index (χ0v) is 21.2. The smallest absolute Gasteiger partial charge is 0.164 e. The Balaban J connectivity index is 1.84. The third kappa shape index (κ3) is 5.17. The van der Waals surface area contributed by atoms with E-state index in [1.165, 1.54) is 11.1 Å². The Morgan fingerprint density at radius 1 is 0.529 bits per heavy atom. The van der Waals surface area contributed by atoms with Crippen molar-refractivity contribution in [2.45, 2.75) is 52.4 Å². The largest absolute Gasteiger partial charge is 0.497 e. The third-order valence-electron chi connectivity index (χ3n) is 5.98. The van der Waals surface area contributed by atoms with E-state index >= 15 is 0 Å². The van der Waals surface area contributed by atoms with Crippen molar-refractivity contribution < 1.29 is 4.74 Å². The van der Waals surface area contributed by atoms with E-state index in [1.807, 2.05) is 24.3 Å². The van der Waals surface area contributed by atoms with E-state index in [0.717, 1.165) is 22.4 Å². The lowest BCUT2D eigenvalue weighted by Crippen LogP contribution is -2.10. The molecule has 0 unspecified atom stereocenters. The number of methoxy groups -OCH3 is 1. The fraction of sp³-hybridized carbons (Fsp3) is 0.300. The fourth-order valence-electron chi connectivity index (χ4n) is 3.76. The first-order valence-electron chi connectivity index (χ1n) is 11.7. The molecular formula is C30H33N3O. The highest BCUT2D eigenvalue weighted by molar-refractivity contribution is 5.67. The molecule has 0 aliphatic rings. The summed E-state index contributed by atoms with van der Waals surface area (Å²) in [5.74, 6) is 2.70. The summed E-state index contributed by atoms with van der Waals surface area (Å²) in [7, 11) is 1.66. The molecule has 4 aromatic rings. The van der Waals surface area contributed by atoms with Crippen LogP contribution in [0.4, 0.5) is 0 Å². The highest BCUT2D eigenvalue weighted by atomic mass is 16.5. The molecule has 0 saturated heterocycles. The van der Waals surface area contributed by atoms with Crippen molar-refractivity contribution in [3.05, 3.63) is 83.9 Å². The van der Waals surface area contributed by atoms with Gasteiger partial charge in [-0.25, -0.2) is 15.0 Å². The van der Waals surface area contributed by atoms with E-state index in [4.69, 9.17) is 19.7 Å². The van der Waals surface area contributed by atoms with Crippen LogP contribution in [0.1, 0.15) is 52.7 Å². The molecule has 0 atom stereocenters. The molecule has 3 aromatic carbocycles. The average Bonchev–Trinajstić information content (AvgIpc) is 2.83. The standard InChI is InChI=1S/C30H33N3O/c1-29(2,3)23-15-11-20(12-16-23)26-31-27(21-13-17-24(18-14-21)30(4,5)6)33-28(32-26)22-9-8-10-25(19-22)34-7/h8-19H,1-7H3. The molecule has 0 fully saturated rings. The maximum atomic E-state index is 5.42. The highest BCUT2D eigenvalue weighted by Crippen LogP contribution is 2.30. The molecule has 0 amide bonds. The minimum Gasteiger partial charge on any atom is -0.497 e. The Labute approximate surface area is 203 Å². The maximum Gasteiger partial charge on any atom is 0.164 e. The van der Waals surface area contributed by atoms with Gasteiger partial charge < -0.3 is 4.74 Å². The van der Waals surface area contributed by atoms with Gasteiger partial charge >= 0.3 is 0 Å².